The maximum atomic E-state index is 13.2. The van der Waals surface area contributed by atoms with Gasteiger partial charge in [0, 0.05) is 38.3 Å². The van der Waals surface area contributed by atoms with Crippen LogP contribution in [0.5, 0.6) is 0 Å². The molecule has 2 bridgehead atoms. The molecule has 0 spiro atoms. The van der Waals surface area contributed by atoms with Crippen molar-refractivity contribution in [3.8, 4) is 0 Å². The summed E-state index contributed by atoms with van der Waals surface area (Å²) in [5.41, 5.74) is -2.53. The fourth-order valence-corrected chi connectivity index (χ4v) is 5.50. The molecule has 2 fully saturated rings. The van der Waals surface area contributed by atoms with Crippen LogP contribution in [0.3, 0.4) is 0 Å². The van der Waals surface area contributed by atoms with Crippen LogP contribution in [0.4, 0.5) is 31.1 Å². The van der Waals surface area contributed by atoms with E-state index in [1.807, 2.05) is 0 Å². The molecule has 5 rings (SSSR count). The molecule has 0 radical (unpaired) electrons. The van der Waals surface area contributed by atoms with Crippen LogP contribution in [0, 0.1) is 0 Å². The summed E-state index contributed by atoms with van der Waals surface area (Å²) in [5, 5.41) is 4.45. The Bertz CT molecular complexity index is 1210. The molecule has 0 N–H and O–H groups in total. The Morgan fingerprint density at radius 2 is 1.54 bits per heavy atom. The van der Waals surface area contributed by atoms with Crippen molar-refractivity contribution < 1.29 is 40.7 Å². The van der Waals surface area contributed by atoms with Crippen LogP contribution in [-0.4, -0.2) is 75.2 Å². The van der Waals surface area contributed by atoms with E-state index in [9.17, 15) is 35.9 Å². The smallest absolute Gasteiger partial charge is 0.416 e. The summed E-state index contributed by atoms with van der Waals surface area (Å²) in [5.74, 6) is -0.181. The van der Waals surface area contributed by atoms with Crippen molar-refractivity contribution in [2.75, 3.05) is 26.7 Å². The molecule has 2 amide bonds. The van der Waals surface area contributed by atoms with Crippen molar-refractivity contribution in [1.29, 1.82) is 0 Å². The third-order valence-electron chi connectivity index (χ3n) is 7.64. The van der Waals surface area contributed by atoms with E-state index in [1.54, 1.807) is 15.6 Å². The highest BCUT2D eigenvalue weighted by Crippen LogP contribution is 2.36. The van der Waals surface area contributed by atoms with E-state index in [0.717, 1.165) is 12.8 Å². The van der Waals surface area contributed by atoms with Crippen molar-refractivity contribution in [2.45, 2.75) is 63.4 Å². The van der Waals surface area contributed by atoms with Gasteiger partial charge in [-0.25, -0.2) is 4.79 Å². The van der Waals surface area contributed by atoms with Crippen LogP contribution in [0.2, 0.25) is 0 Å². The first-order chi connectivity index (χ1) is 18.3. The number of halogens is 6. The average molecular weight is 560 g/mol. The summed E-state index contributed by atoms with van der Waals surface area (Å²) in [6.45, 7) is 1.18. The molecule has 212 valence electrons. The lowest BCUT2D eigenvalue weighted by Crippen LogP contribution is -2.53. The predicted octanol–water partition coefficient (Wildman–Crippen LogP) is 4.38. The maximum Gasteiger partial charge on any atom is 0.416 e. The van der Waals surface area contributed by atoms with Gasteiger partial charge in [-0.05, 0) is 56.1 Å². The molecule has 2 aromatic rings. The highest BCUT2D eigenvalue weighted by Gasteiger charge is 2.40. The Morgan fingerprint density at radius 3 is 2.13 bits per heavy atom. The Balaban J connectivity index is 1.25. The molecular weight excluding hydrogens is 532 g/mol. The molecule has 2 unspecified atom stereocenters. The highest BCUT2D eigenvalue weighted by atomic mass is 19.4. The molecule has 2 atom stereocenters. The van der Waals surface area contributed by atoms with Crippen molar-refractivity contribution in [3.05, 3.63) is 52.3 Å². The molecule has 1 aromatic heterocycles. The standard InChI is InChI=1S/C25H27F6N5O3/c1-33-18-3-4-19(33)12-35(11-18)22(37)21-10-20-13-34(5-2-6-36(20)32-21)23(38)39-14-15-7-16(24(26,27)28)9-17(8-15)25(29,30)31/h7-10,18-19H,2-6,11-14H2,1H3. The Morgan fingerprint density at radius 1 is 0.923 bits per heavy atom. The van der Waals surface area contributed by atoms with Crippen molar-refractivity contribution in [2.24, 2.45) is 0 Å². The number of aromatic nitrogens is 2. The third-order valence-corrected chi connectivity index (χ3v) is 7.64. The first-order valence-electron chi connectivity index (χ1n) is 12.6. The van der Waals surface area contributed by atoms with Gasteiger partial charge in [0.1, 0.15) is 6.61 Å². The quantitative estimate of drug-likeness (QED) is 0.523. The number of fused-ring (bicyclic) bond motifs is 3. The Labute approximate surface area is 220 Å². The monoisotopic (exact) mass is 559 g/mol. The van der Waals surface area contributed by atoms with Gasteiger partial charge in [-0.2, -0.15) is 31.4 Å². The summed E-state index contributed by atoms with van der Waals surface area (Å²) in [6, 6.07) is 3.35. The van der Waals surface area contributed by atoms with Crippen LogP contribution in [0.15, 0.2) is 24.3 Å². The number of alkyl halides is 6. The Hall–Kier alpha value is -3.29. The van der Waals surface area contributed by atoms with Gasteiger partial charge in [0.15, 0.2) is 5.69 Å². The van der Waals surface area contributed by atoms with Gasteiger partial charge >= 0.3 is 18.4 Å². The summed E-state index contributed by atoms with van der Waals surface area (Å²) in [4.78, 5) is 31.3. The number of likely N-dealkylation sites (tertiary alicyclic amines) is 1. The number of ether oxygens (including phenoxy) is 1. The van der Waals surface area contributed by atoms with Gasteiger partial charge in [-0.15, -0.1) is 0 Å². The molecule has 1 aromatic carbocycles. The molecule has 39 heavy (non-hydrogen) atoms. The van der Waals surface area contributed by atoms with Crippen LogP contribution >= 0.6 is 0 Å². The van der Waals surface area contributed by atoms with Gasteiger partial charge in [-0.3, -0.25) is 14.4 Å². The van der Waals surface area contributed by atoms with Crippen LogP contribution in [0.1, 0.15) is 52.1 Å². The van der Waals surface area contributed by atoms with Gasteiger partial charge in [0.05, 0.1) is 23.4 Å². The lowest BCUT2D eigenvalue weighted by Gasteiger charge is -2.38. The van der Waals surface area contributed by atoms with Crippen LogP contribution in [0.25, 0.3) is 0 Å². The number of carbonyl (C=O) groups excluding carboxylic acids is 2. The predicted molar refractivity (Wildman–Crippen MR) is 124 cm³/mol. The zero-order valence-corrected chi connectivity index (χ0v) is 21.1. The molecule has 8 nitrogen and oxygen atoms in total. The number of benzene rings is 1. The molecule has 4 heterocycles. The number of aryl methyl sites for hydroxylation is 1. The van der Waals surface area contributed by atoms with Crippen molar-refractivity contribution >= 4 is 12.0 Å². The normalized spacial score (nSPS) is 22.0. The molecular formula is C25H27F6N5O3. The second-order valence-corrected chi connectivity index (χ2v) is 10.2. The van der Waals surface area contributed by atoms with E-state index in [4.69, 9.17) is 4.74 Å². The van der Waals surface area contributed by atoms with Gasteiger partial charge in [0.2, 0.25) is 0 Å². The molecule has 2 saturated heterocycles. The fraction of sp³-hybridized carbons (Fsp3) is 0.560. The minimum atomic E-state index is -5.00. The largest absolute Gasteiger partial charge is 0.445 e. The number of likely N-dealkylation sites (N-methyl/N-ethyl adjacent to an activating group) is 1. The molecule has 0 saturated carbocycles. The number of nitrogens with zero attached hydrogens (tertiary/aromatic N) is 5. The second-order valence-electron chi connectivity index (χ2n) is 10.2. The topological polar surface area (TPSA) is 70.9 Å². The minimum absolute atomic E-state index is 0.0209. The molecule has 3 aliphatic heterocycles. The average Bonchev–Trinajstić information content (AvgIpc) is 3.24. The number of hydrogen-bond acceptors (Lipinski definition) is 5. The SMILES string of the molecule is CN1C2CCC1CN(C(=O)c1cc3n(n1)CCCN(C(=O)OCc1cc(C(F)(F)F)cc(C(F)(F)F)c1)C3)C2. The first-order valence-corrected chi connectivity index (χ1v) is 12.6. The van der Waals surface area contributed by atoms with Crippen molar-refractivity contribution in [1.82, 2.24) is 24.5 Å². The highest BCUT2D eigenvalue weighted by molar-refractivity contribution is 5.92. The van der Waals surface area contributed by atoms with Gasteiger partial charge in [0.25, 0.3) is 5.91 Å². The molecule has 3 aliphatic rings. The van der Waals surface area contributed by atoms with Gasteiger partial charge < -0.3 is 14.5 Å². The van der Waals surface area contributed by atoms with E-state index in [0.29, 0.717) is 56.0 Å². The van der Waals surface area contributed by atoms with E-state index >= 15 is 0 Å². The zero-order valence-electron chi connectivity index (χ0n) is 21.1. The first kappa shape index (κ1) is 27.3. The number of amides is 2. The Kier molecular flexibility index (Phi) is 7.02. The second kappa shape index (κ2) is 10.0. The van der Waals surface area contributed by atoms with E-state index in [1.165, 1.54) is 4.90 Å². The van der Waals surface area contributed by atoms with Crippen LogP contribution in [-0.2, 0) is 36.8 Å². The van der Waals surface area contributed by atoms with Crippen molar-refractivity contribution in [3.63, 3.8) is 0 Å². The summed E-state index contributed by atoms with van der Waals surface area (Å²) < 4.78 is 85.5. The lowest BCUT2D eigenvalue weighted by molar-refractivity contribution is -0.143. The molecule has 0 aliphatic carbocycles. The lowest BCUT2D eigenvalue weighted by atomic mass is 10.1. The third kappa shape index (κ3) is 5.70. The zero-order chi connectivity index (χ0) is 28.1. The van der Waals surface area contributed by atoms with E-state index in [-0.39, 0.29) is 30.8 Å². The number of rotatable bonds is 3. The number of piperazine rings is 1. The number of hydrogen-bond donors (Lipinski definition) is 0. The van der Waals surface area contributed by atoms with Gasteiger partial charge in [-0.1, -0.05) is 0 Å². The summed E-state index contributed by atoms with van der Waals surface area (Å²) in [6.07, 6.45) is -8.33. The summed E-state index contributed by atoms with van der Waals surface area (Å²) >= 11 is 0. The van der Waals surface area contributed by atoms with Crippen LogP contribution < -0.4 is 0 Å². The van der Waals surface area contributed by atoms with E-state index in [2.05, 4.69) is 17.0 Å². The fourth-order valence-electron chi connectivity index (χ4n) is 5.50. The number of carbonyl (C=O) groups is 2. The minimum Gasteiger partial charge on any atom is -0.445 e. The molecule has 14 heteroatoms. The van der Waals surface area contributed by atoms with E-state index < -0.39 is 41.7 Å². The maximum absolute atomic E-state index is 13.2. The summed E-state index contributed by atoms with van der Waals surface area (Å²) in [7, 11) is 2.07.